The van der Waals surface area contributed by atoms with E-state index in [1.807, 2.05) is 18.2 Å². The molecule has 3 nitrogen and oxygen atoms in total. The summed E-state index contributed by atoms with van der Waals surface area (Å²) in [5, 5.41) is 1.01. The van der Waals surface area contributed by atoms with Crippen LogP contribution < -0.4 is 11.3 Å². The molecule has 13 heavy (non-hydrogen) atoms. The van der Waals surface area contributed by atoms with Gasteiger partial charge in [-0.05, 0) is 30.5 Å². The largest absolute Gasteiger partial charge is 0.399 e. The predicted octanol–water partition coefficient (Wildman–Crippen LogP) is 1.42. The fourth-order valence-corrected chi connectivity index (χ4v) is 1.33. The second-order valence-electron chi connectivity index (χ2n) is 3.13. The van der Waals surface area contributed by atoms with Crippen LogP contribution >= 0.6 is 0 Å². The van der Waals surface area contributed by atoms with Gasteiger partial charge in [0, 0.05) is 11.3 Å². The normalized spacial score (nSPS) is 10.5. The van der Waals surface area contributed by atoms with Crippen LogP contribution in [0.25, 0.3) is 10.9 Å². The summed E-state index contributed by atoms with van der Waals surface area (Å²) in [6, 6.07) is 7.33. The highest BCUT2D eigenvalue weighted by Gasteiger charge is 1.97. The lowest BCUT2D eigenvalue weighted by atomic mass is 10.1. The molecule has 2 rings (SSSR count). The summed E-state index contributed by atoms with van der Waals surface area (Å²) in [6.45, 7) is 1.79. The number of benzene rings is 1. The van der Waals surface area contributed by atoms with Gasteiger partial charge in [-0.2, -0.15) is 0 Å². The van der Waals surface area contributed by atoms with Gasteiger partial charge in [0.15, 0.2) is 0 Å². The maximum Gasteiger partial charge on any atom is 0.251 e. The highest BCUT2D eigenvalue weighted by molar-refractivity contribution is 5.81. The van der Waals surface area contributed by atoms with Crippen LogP contribution in [0.15, 0.2) is 29.1 Å². The first kappa shape index (κ1) is 7.86. The highest BCUT2D eigenvalue weighted by atomic mass is 16.1. The molecule has 0 unspecified atom stereocenters. The Hall–Kier alpha value is -1.77. The van der Waals surface area contributed by atoms with Gasteiger partial charge >= 0.3 is 0 Å². The molecule has 0 aliphatic heterocycles. The van der Waals surface area contributed by atoms with E-state index in [1.54, 1.807) is 13.0 Å². The average Bonchev–Trinajstić information content (AvgIpc) is 2.08. The summed E-state index contributed by atoms with van der Waals surface area (Å²) >= 11 is 0. The minimum absolute atomic E-state index is 0.0573. The van der Waals surface area contributed by atoms with Crippen molar-refractivity contribution in [2.45, 2.75) is 6.92 Å². The van der Waals surface area contributed by atoms with Gasteiger partial charge in [-0.1, -0.05) is 6.07 Å². The molecule has 1 aromatic heterocycles. The van der Waals surface area contributed by atoms with Crippen molar-refractivity contribution < 1.29 is 0 Å². The summed E-state index contributed by atoms with van der Waals surface area (Å²) in [5.74, 6) is 0. The molecule has 1 heterocycles. The molecule has 66 valence electrons. The van der Waals surface area contributed by atoms with Crippen LogP contribution in [0.4, 0.5) is 5.69 Å². The standard InChI is InChI=1S/C10H10N2O/c1-6-4-7-2-3-8(11)5-9(7)12-10(6)13/h2-5H,11H2,1H3,(H,12,13). The number of H-pyrrole nitrogens is 1. The maximum atomic E-state index is 11.2. The minimum atomic E-state index is -0.0573. The molecule has 3 N–H and O–H groups in total. The number of nitrogens with two attached hydrogens (primary N) is 1. The lowest BCUT2D eigenvalue weighted by Crippen LogP contribution is -2.08. The molecule has 3 heteroatoms. The van der Waals surface area contributed by atoms with Crippen LogP contribution in [0.5, 0.6) is 0 Å². The molecule has 0 aliphatic rings. The maximum absolute atomic E-state index is 11.2. The van der Waals surface area contributed by atoms with Crippen LogP contribution in [0.3, 0.4) is 0 Å². The van der Waals surface area contributed by atoms with Crippen LogP contribution in [0.2, 0.25) is 0 Å². The van der Waals surface area contributed by atoms with Gasteiger partial charge in [-0.3, -0.25) is 4.79 Å². The van der Waals surface area contributed by atoms with Gasteiger partial charge < -0.3 is 10.7 Å². The third-order valence-electron chi connectivity index (χ3n) is 2.06. The van der Waals surface area contributed by atoms with E-state index in [0.29, 0.717) is 5.69 Å². The number of hydrogen-bond acceptors (Lipinski definition) is 2. The van der Waals surface area contributed by atoms with Crippen LogP contribution in [-0.2, 0) is 0 Å². The molecule has 0 amide bonds. The number of pyridine rings is 1. The molecular formula is C10H10N2O. The topological polar surface area (TPSA) is 58.9 Å². The molecule has 0 spiro atoms. The Morgan fingerprint density at radius 1 is 1.31 bits per heavy atom. The third kappa shape index (κ3) is 1.28. The first-order valence-corrected chi connectivity index (χ1v) is 4.06. The van der Waals surface area contributed by atoms with Gasteiger partial charge in [-0.25, -0.2) is 0 Å². The van der Waals surface area contributed by atoms with Crippen LogP contribution in [-0.4, -0.2) is 4.98 Å². The number of nitrogen functional groups attached to an aromatic ring is 1. The number of rotatable bonds is 0. The molecular weight excluding hydrogens is 164 g/mol. The summed E-state index contributed by atoms with van der Waals surface area (Å²) in [4.78, 5) is 14.0. The number of nitrogens with one attached hydrogen (secondary N) is 1. The fraction of sp³-hybridized carbons (Fsp3) is 0.100. The van der Waals surface area contributed by atoms with Gasteiger partial charge in [-0.15, -0.1) is 0 Å². The van der Waals surface area contributed by atoms with E-state index in [-0.39, 0.29) is 5.56 Å². The lowest BCUT2D eigenvalue weighted by Gasteiger charge is -1.99. The van der Waals surface area contributed by atoms with Crippen LogP contribution in [0.1, 0.15) is 5.56 Å². The zero-order chi connectivity index (χ0) is 9.42. The predicted molar refractivity (Wildman–Crippen MR) is 53.7 cm³/mol. The minimum Gasteiger partial charge on any atom is -0.399 e. The van der Waals surface area contributed by atoms with E-state index in [4.69, 9.17) is 5.73 Å². The molecule has 0 fully saturated rings. The molecule has 1 aromatic carbocycles. The van der Waals surface area contributed by atoms with Crippen molar-refractivity contribution in [2.24, 2.45) is 0 Å². The number of aromatic amines is 1. The summed E-state index contributed by atoms with van der Waals surface area (Å²) in [7, 11) is 0. The summed E-state index contributed by atoms with van der Waals surface area (Å²) < 4.78 is 0. The number of aromatic nitrogens is 1. The van der Waals surface area contributed by atoms with Crippen molar-refractivity contribution in [2.75, 3.05) is 5.73 Å². The van der Waals surface area contributed by atoms with Gasteiger partial charge in [0.25, 0.3) is 5.56 Å². The van der Waals surface area contributed by atoms with E-state index in [1.165, 1.54) is 0 Å². The van der Waals surface area contributed by atoms with Crippen molar-refractivity contribution in [3.8, 4) is 0 Å². The fourth-order valence-electron chi connectivity index (χ4n) is 1.33. The Balaban J connectivity index is 2.89. The molecule has 2 aromatic rings. The zero-order valence-electron chi connectivity index (χ0n) is 7.29. The molecule has 0 radical (unpaired) electrons. The smallest absolute Gasteiger partial charge is 0.251 e. The molecule has 0 saturated carbocycles. The Bertz CT molecular complexity index is 514. The van der Waals surface area contributed by atoms with Crippen molar-refractivity contribution in [3.63, 3.8) is 0 Å². The van der Waals surface area contributed by atoms with Gasteiger partial charge in [0.1, 0.15) is 0 Å². The second-order valence-corrected chi connectivity index (χ2v) is 3.13. The van der Waals surface area contributed by atoms with E-state index in [9.17, 15) is 4.79 Å². The number of anilines is 1. The van der Waals surface area contributed by atoms with E-state index < -0.39 is 0 Å². The molecule has 0 saturated heterocycles. The molecule has 0 bridgehead atoms. The lowest BCUT2D eigenvalue weighted by molar-refractivity contribution is 1.24. The molecule has 0 aliphatic carbocycles. The first-order chi connectivity index (χ1) is 6.16. The SMILES string of the molecule is Cc1cc2ccc(N)cc2[nH]c1=O. The van der Waals surface area contributed by atoms with Crippen molar-refractivity contribution in [1.29, 1.82) is 0 Å². The monoisotopic (exact) mass is 174 g/mol. The Kier molecular flexibility index (Phi) is 1.59. The van der Waals surface area contributed by atoms with Crippen molar-refractivity contribution in [3.05, 3.63) is 40.2 Å². The Labute approximate surface area is 75.2 Å². The van der Waals surface area contributed by atoms with Crippen molar-refractivity contribution in [1.82, 2.24) is 4.98 Å². The van der Waals surface area contributed by atoms with E-state index >= 15 is 0 Å². The number of fused-ring (bicyclic) bond motifs is 1. The number of aryl methyl sites for hydroxylation is 1. The third-order valence-corrected chi connectivity index (χ3v) is 2.06. The summed E-state index contributed by atoms with van der Waals surface area (Å²) in [5.41, 5.74) is 7.70. The number of hydrogen-bond donors (Lipinski definition) is 2. The first-order valence-electron chi connectivity index (χ1n) is 4.06. The quantitative estimate of drug-likeness (QED) is 0.593. The zero-order valence-corrected chi connectivity index (χ0v) is 7.29. The van der Waals surface area contributed by atoms with Gasteiger partial charge in [0.2, 0.25) is 0 Å². The second kappa shape index (κ2) is 2.62. The summed E-state index contributed by atoms with van der Waals surface area (Å²) in [6.07, 6.45) is 0. The van der Waals surface area contributed by atoms with E-state index in [2.05, 4.69) is 4.98 Å². The molecule has 0 atom stereocenters. The van der Waals surface area contributed by atoms with Crippen LogP contribution in [0, 0.1) is 6.92 Å². The average molecular weight is 174 g/mol. The van der Waals surface area contributed by atoms with E-state index in [0.717, 1.165) is 16.5 Å². The van der Waals surface area contributed by atoms with Crippen molar-refractivity contribution >= 4 is 16.6 Å². The highest BCUT2D eigenvalue weighted by Crippen LogP contribution is 2.13. The van der Waals surface area contributed by atoms with Gasteiger partial charge in [0.05, 0.1) is 5.52 Å². The Morgan fingerprint density at radius 3 is 2.85 bits per heavy atom. The Morgan fingerprint density at radius 2 is 2.08 bits per heavy atom.